The Morgan fingerprint density at radius 3 is 2.43 bits per heavy atom. The number of carbonyl (C=O) groups is 1. The fourth-order valence-corrected chi connectivity index (χ4v) is 1.97. The third kappa shape index (κ3) is 4.85. The zero-order valence-electron chi connectivity index (χ0n) is 11.7. The van der Waals surface area contributed by atoms with E-state index in [1.54, 1.807) is 6.08 Å². The largest absolute Gasteiger partial charge is 0.332 e. The third-order valence-corrected chi connectivity index (χ3v) is 3.06. The van der Waals surface area contributed by atoms with E-state index < -0.39 is 0 Å². The Balaban J connectivity index is 1.90. The molecular formula is C17H16N2OS. The summed E-state index contributed by atoms with van der Waals surface area (Å²) in [6, 6.07) is 17.4. The van der Waals surface area contributed by atoms with Gasteiger partial charge in [-0.1, -0.05) is 48.5 Å². The number of anilines is 1. The molecule has 21 heavy (non-hydrogen) atoms. The summed E-state index contributed by atoms with van der Waals surface area (Å²) in [4.78, 5) is 11.8. The second-order valence-electron chi connectivity index (χ2n) is 4.50. The van der Waals surface area contributed by atoms with Crippen LogP contribution in [0.2, 0.25) is 0 Å². The topological polar surface area (TPSA) is 41.1 Å². The van der Waals surface area contributed by atoms with Crippen LogP contribution in [0.25, 0.3) is 6.08 Å². The van der Waals surface area contributed by atoms with Gasteiger partial charge in [-0.25, -0.2) is 0 Å². The van der Waals surface area contributed by atoms with Gasteiger partial charge >= 0.3 is 0 Å². The number of para-hydroxylation sites is 1. The number of hydrogen-bond acceptors (Lipinski definition) is 2. The highest BCUT2D eigenvalue weighted by molar-refractivity contribution is 7.80. The Hall–Kier alpha value is -2.46. The molecule has 0 radical (unpaired) electrons. The van der Waals surface area contributed by atoms with Gasteiger partial charge in [0.05, 0.1) is 0 Å². The molecule has 106 valence electrons. The minimum absolute atomic E-state index is 0.259. The summed E-state index contributed by atoms with van der Waals surface area (Å²) in [5.74, 6) is -0.259. The van der Waals surface area contributed by atoms with Crippen molar-refractivity contribution in [1.29, 1.82) is 0 Å². The maximum atomic E-state index is 11.8. The van der Waals surface area contributed by atoms with Crippen molar-refractivity contribution >= 4 is 35.0 Å². The highest BCUT2D eigenvalue weighted by atomic mass is 32.1. The molecule has 2 N–H and O–H groups in total. The molecule has 0 aromatic heterocycles. The second-order valence-corrected chi connectivity index (χ2v) is 4.91. The number of aryl methyl sites for hydroxylation is 1. The molecule has 3 nitrogen and oxygen atoms in total. The zero-order valence-corrected chi connectivity index (χ0v) is 12.5. The van der Waals surface area contributed by atoms with E-state index in [2.05, 4.69) is 10.6 Å². The van der Waals surface area contributed by atoms with Crippen LogP contribution in [0.1, 0.15) is 11.1 Å². The van der Waals surface area contributed by atoms with Crippen molar-refractivity contribution in [3.8, 4) is 0 Å². The van der Waals surface area contributed by atoms with Crippen molar-refractivity contribution in [3.63, 3.8) is 0 Å². The lowest BCUT2D eigenvalue weighted by molar-refractivity contribution is -0.115. The van der Waals surface area contributed by atoms with E-state index in [9.17, 15) is 4.79 Å². The van der Waals surface area contributed by atoms with Gasteiger partial charge in [0, 0.05) is 11.8 Å². The first-order valence-corrected chi connectivity index (χ1v) is 6.97. The van der Waals surface area contributed by atoms with E-state index in [1.807, 2.05) is 61.5 Å². The molecule has 2 rings (SSSR count). The molecule has 0 atom stereocenters. The van der Waals surface area contributed by atoms with Gasteiger partial charge in [-0.2, -0.15) is 0 Å². The van der Waals surface area contributed by atoms with Gasteiger partial charge < -0.3 is 5.32 Å². The molecule has 1 amide bonds. The lowest BCUT2D eigenvalue weighted by Gasteiger charge is -2.10. The van der Waals surface area contributed by atoms with Gasteiger partial charge in [-0.15, -0.1) is 0 Å². The van der Waals surface area contributed by atoms with Gasteiger partial charge in [-0.05, 0) is 42.4 Å². The number of hydrogen-bond donors (Lipinski definition) is 2. The summed E-state index contributed by atoms with van der Waals surface area (Å²) < 4.78 is 0. The molecule has 0 aliphatic rings. The first-order valence-electron chi connectivity index (χ1n) is 6.56. The average Bonchev–Trinajstić information content (AvgIpc) is 2.48. The van der Waals surface area contributed by atoms with Crippen LogP contribution in [-0.4, -0.2) is 11.0 Å². The smallest absolute Gasteiger partial charge is 0.250 e. The van der Waals surface area contributed by atoms with E-state index in [0.29, 0.717) is 0 Å². The van der Waals surface area contributed by atoms with Crippen LogP contribution in [0.5, 0.6) is 0 Å². The quantitative estimate of drug-likeness (QED) is 0.672. The fraction of sp³-hybridized carbons (Fsp3) is 0.0588. The molecule has 0 heterocycles. The van der Waals surface area contributed by atoms with E-state index in [-0.39, 0.29) is 11.0 Å². The maximum Gasteiger partial charge on any atom is 0.250 e. The minimum atomic E-state index is -0.259. The van der Waals surface area contributed by atoms with Crippen molar-refractivity contribution in [2.24, 2.45) is 0 Å². The van der Waals surface area contributed by atoms with E-state index in [1.165, 1.54) is 6.08 Å². The average molecular weight is 296 g/mol. The van der Waals surface area contributed by atoms with Gasteiger partial charge in [-0.3, -0.25) is 10.1 Å². The Morgan fingerprint density at radius 1 is 1.05 bits per heavy atom. The summed E-state index contributed by atoms with van der Waals surface area (Å²) in [6.45, 7) is 1.97. The number of thiocarbonyl (C=S) groups is 1. The molecule has 0 spiro atoms. The molecule has 0 aliphatic carbocycles. The summed E-state index contributed by atoms with van der Waals surface area (Å²) in [5, 5.41) is 5.91. The summed E-state index contributed by atoms with van der Waals surface area (Å²) in [7, 11) is 0. The van der Waals surface area contributed by atoms with Gasteiger partial charge in [0.2, 0.25) is 5.91 Å². The van der Waals surface area contributed by atoms with Crippen LogP contribution < -0.4 is 10.6 Å². The van der Waals surface area contributed by atoms with Crippen molar-refractivity contribution in [2.75, 3.05) is 5.32 Å². The number of rotatable bonds is 3. The zero-order chi connectivity index (χ0) is 15.1. The molecule has 2 aromatic carbocycles. The Bertz CT molecular complexity index is 666. The molecule has 0 fully saturated rings. The molecule has 4 heteroatoms. The first-order chi connectivity index (χ1) is 10.1. The van der Waals surface area contributed by atoms with Gasteiger partial charge in [0.1, 0.15) is 0 Å². The number of nitrogens with one attached hydrogen (secondary N) is 2. The molecule has 0 unspecified atom stereocenters. The Kier molecular flexibility index (Phi) is 5.23. The van der Waals surface area contributed by atoms with E-state index >= 15 is 0 Å². The van der Waals surface area contributed by atoms with Crippen LogP contribution in [-0.2, 0) is 4.79 Å². The predicted octanol–water partition coefficient (Wildman–Crippen LogP) is 3.52. The first kappa shape index (κ1) is 14.9. The lowest BCUT2D eigenvalue weighted by atomic mass is 10.2. The highest BCUT2D eigenvalue weighted by Crippen LogP contribution is 2.12. The van der Waals surface area contributed by atoms with Crippen LogP contribution in [0, 0.1) is 6.92 Å². The van der Waals surface area contributed by atoms with Crippen LogP contribution in [0.4, 0.5) is 5.69 Å². The van der Waals surface area contributed by atoms with Crippen LogP contribution >= 0.6 is 12.2 Å². The second kappa shape index (κ2) is 7.36. The van der Waals surface area contributed by atoms with E-state index in [4.69, 9.17) is 12.2 Å². The maximum absolute atomic E-state index is 11.8. The van der Waals surface area contributed by atoms with Crippen LogP contribution in [0.3, 0.4) is 0 Å². The van der Waals surface area contributed by atoms with E-state index in [0.717, 1.165) is 16.8 Å². The number of amides is 1. The highest BCUT2D eigenvalue weighted by Gasteiger charge is 2.03. The SMILES string of the molecule is Cc1ccccc1NC(=S)NC(=O)C=Cc1ccccc1. The molecule has 0 aliphatic heterocycles. The summed E-state index contributed by atoms with van der Waals surface area (Å²) in [5.41, 5.74) is 2.91. The van der Waals surface area contributed by atoms with Crippen molar-refractivity contribution in [3.05, 3.63) is 71.8 Å². The standard InChI is InChI=1S/C17H16N2OS/c1-13-7-5-6-10-15(13)18-17(21)19-16(20)12-11-14-8-3-2-4-9-14/h2-12H,1H3,(H2,18,19,20,21). The van der Waals surface area contributed by atoms with Crippen molar-refractivity contribution < 1.29 is 4.79 Å². The molecule has 0 saturated carbocycles. The predicted molar refractivity (Wildman–Crippen MR) is 91.0 cm³/mol. The minimum Gasteiger partial charge on any atom is -0.332 e. The molecule has 2 aromatic rings. The van der Waals surface area contributed by atoms with Crippen molar-refractivity contribution in [1.82, 2.24) is 5.32 Å². The van der Waals surface area contributed by atoms with Gasteiger partial charge in [0.15, 0.2) is 5.11 Å². The third-order valence-electron chi connectivity index (χ3n) is 2.86. The van der Waals surface area contributed by atoms with Crippen LogP contribution in [0.15, 0.2) is 60.7 Å². The Labute approximate surface area is 129 Å². The molecule has 0 bridgehead atoms. The Morgan fingerprint density at radius 2 is 1.71 bits per heavy atom. The monoisotopic (exact) mass is 296 g/mol. The number of carbonyl (C=O) groups excluding carboxylic acids is 1. The summed E-state index contributed by atoms with van der Waals surface area (Å²) >= 11 is 5.13. The number of benzene rings is 2. The normalized spacial score (nSPS) is 10.3. The molecular weight excluding hydrogens is 280 g/mol. The fourth-order valence-electron chi connectivity index (χ4n) is 1.76. The lowest BCUT2D eigenvalue weighted by Crippen LogP contribution is -2.33. The van der Waals surface area contributed by atoms with Crippen molar-refractivity contribution in [2.45, 2.75) is 6.92 Å². The molecule has 0 saturated heterocycles. The summed E-state index contributed by atoms with van der Waals surface area (Å²) in [6.07, 6.45) is 3.20. The van der Waals surface area contributed by atoms with Gasteiger partial charge in [0.25, 0.3) is 0 Å².